The predicted octanol–water partition coefficient (Wildman–Crippen LogP) is 3.76. The van der Waals surface area contributed by atoms with E-state index in [1.54, 1.807) is 0 Å². The van der Waals surface area contributed by atoms with E-state index < -0.39 is 0 Å². The number of rotatable bonds is 1. The number of H-pyrrole nitrogens is 1. The van der Waals surface area contributed by atoms with Crippen LogP contribution in [0.25, 0.3) is 10.9 Å². The smallest absolute Gasteiger partial charge is 0.322 e. The zero-order chi connectivity index (χ0) is 14.9. The fourth-order valence-corrected chi connectivity index (χ4v) is 3.09. The molecule has 0 bridgehead atoms. The lowest BCUT2D eigenvalue weighted by molar-refractivity contribution is 0.206. The summed E-state index contributed by atoms with van der Waals surface area (Å²) in [6, 6.07) is 17.8. The molecule has 4 nitrogen and oxygen atoms in total. The maximum atomic E-state index is 12.4. The maximum Gasteiger partial charge on any atom is 0.322 e. The fraction of sp³-hybridized carbons (Fsp3) is 0.167. The first kappa shape index (κ1) is 13.0. The molecule has 0 unspecified atom stereocenters. The number of hydrogen-bond donors (Lipinski definition) is 2. The highest BCUT2D eigenvalue weighted by atomic mass is 16.2. The molecular weight excluding hydrogens is 274 g/mol. The molecule has 1 aliphatic heterocycles. The van der Waals surface area contributed by atoms with Crippen LogP contribution in [0.3, 0.4) is 0 Å². The second-order valence-corrected chi connectivity index (χ2v) is 5.60. The first-order chi connectivity index (χ1) is 10.8. The lowest BCUT2D eigenvalue weighted by Gasteiger charge is -2.27. The van der Waals surface area contributed by atoms with Crippen molar-refractivity contribution in [1.82, 2.24) is 9.88 Å². The van der Waals surface area contributed by atoms with Crippen LogP contribution in [-0.2, 0) is 13.0 Å². The molecule has 0 fully saturated rings. The molecule has 4 rings (SSSR count). The maximum absolute atomic E-state index is 12.4. The van der Waals surface area contributed by atoms with E-state index in [0.29, 0.717) is 6.54 Å². The van der Waals surface area contributed by atoms with Crippen LogP contribution in [0.15, 0.2) is 54.6 Å². The van der Waals surface area contributed by atoms with Crippen molar-refractivity contribution in [3.8, 4) is 0 Å². The Balaban J connectivity index is 1.55. The van der Waals surface area contributed by atoms with E-state index in [1.165, 1.54) is 10.9 Å². The normalized spacial score (nSPS) is 13.9. The quantitative estimate of drug-likeness (QED) is 0.704. The lowest BCUT2D eigenvalue weighted by Crippen LogP contribution is -2.38. The average Bonchev–Trinajstić information content (AvgIpc) is 2.93. The zero-order valence-corrected chi connectivity index (χ0v) is 12.2. The van der Waals surface area contributed by atoms with Crippen LogP contribution in [0.5, 0.6) is 0 Å². The molecule has 2 heterocycles. The topological polar surface area (TPSA) is 48.1 Å². The largest absolute Gasteiger partial charge is 0.357 e. The van der Waals surface area contributed by atoms with Crippen molar-refractivity contribution in [3.05, 3.63) is 65.9 Å². The van der Waals surface area contributed by atoms with E-state index in [1.807, 2.05) is 41.3 Å². The number of nitrogens with one attached hydrogen (secondary N) is 2. The molecule has 0 aliphatic carbocycles. The number of fused-ring (bicyclic) bond motifs is 3. The highest BCUT2D eigenvalue weighted by molar-refractivity contribution is 5.90. The third-order valence-corrected chi connectivity index (χ3v) is 4.19. The van der Waals surface area contributed by atoms with Crippen molar-refractivity contribution >= 4 is 22.6 Å². The number of aromatic nitrogens is 1. The summed E-state index contributed by atoms with van der Waals surface area (Å²) in [6.07, 6.45) is 0.890. The Labute approximate surface area is 128 Å². The Morgan fingerprint density at radius 1 is 1.05 bits per heavy atom. The minimum atomic E-state index is -0.0458. The standard InChI is InChI=1S/C18H17N3O/c22-18(19-13-6-2-1-3-7-13)21-11-10-15-14-8-4-5-9-16(14)20-17(15)12-21/h1-9,20H,10-12H2,(H,19,22). The molecule has 3 aromatic rings. The highest BCUT2D eigenvalue weighted by Gasteiger charge is 2.23. The number of carbonyl (C=O) groups is 1. The van der Waals surface area contributed by atoms with Crippen molar-refractivity contribution in [2.75, 3.05) is 11.9 Å². The van der Waals surface area contributed by atoms with E-state index >= 15 is 0 Å². The van der Waals surface area contributed by atoms with E-state index in [4.69, 9.17) is 0 Å². The highest BCUT2D eigenvalue weighted by Crippen LogP contribution is 2.27. The Morgan fingerprint density at radius 2 is 1.82 bits per heavy atom. The molecular formula is C18H17N3O. The second kappa shape index (κ2) is 5.22. The second-order valence-electron chi connectivity index (χ2n) is 5.60. The molecule has 2 aromatic carbocycles. The van der Waals surface area contributed by atoms with Gasteiger partial charge in [0.1, 0.15) is 0 Å². The molecule has 0 atom stereocenters. The van der Waals surface area contributed by atoms with Gasteiger partial charge >= 0.3 is 6.03 Å². The first-order valence-electron chi connectivity index (χ1n) is 7.51. The molecule has 4 heteroatoms. The molecule has 2 amide bonds. The SMILES string of the molecule is O=C(Nc1ccccc1)N1CCc2c([nH]c3ccccc23)C1. The minimum absolute atomic E-state index is 0.0458. The molecule has 1 aliphatic rings. The summed E-state index contributed by atoms with van der Waals surface area (Å²) >= 11 is 0. The number of urea groups is 1. The number of hydrogen-bond acceptors (Lipinski definition) is 1. The summed E-state index contributed by atoms with van der Waals surface area (Å²) in [6.45, 7) is 1.37. The Kier molecular flexibility index (Phi) is 3.07. The van der Waals surface area contributed by atoms with Gasteiger partial charge in [0.25, 0.3) is 0 Å². The van der Waals surface area contributed by atoms with Crippen LogP contribution in [-0.4, -0.2) is 22.5 Å². The Hall–Kier alpha value is -2.75. The van der Waals surface area contributed by atoms with Gasteiger partial charge < -0.3 is 15.2 Å². The fourth-order valence-electron chi connectivity index (χ4n) is 3.09. The lowest BCUT2D eigenvalue weighted by atomic mass is 10.0. The van der Waals surface area contributed by atoms with Gasteiger partial charge in [-0.05, 0) is 30.2 Å². The predicted molar refractivity (Wildman–Crippen MR) is 87.9 cm³/mol. The molecule has 0 radical (unpaired) electrons. The van der Waals surface area contributed by atoms with E-state index in [-0.39, 0.29) is 6.03 Å². The molecule has 0 spiro atoms. The summed E-state index contributed by atoms with van der Waals surface area (Å²) in [5.74, 6) is 0. The average molecular weight is 291 g/mol. The van der Waals surface area contributed by atoms with Crippen LogP contribution >= 0.6 is 0 Å². The summed E-state index contributed by atoms with van der Waals surface area (Å²) in [5, 5.41) is 4.23. The van der Waals surface area contributed by atoms with E-state index in [0.717, 1.165) is 29.9 Å². The van der Waals surface area contributed by atoms with Gasteiger partial charge in [0.15, 0.2) is 0 Å². The number of nitrogens with zero attached hydrogens (tertiary/aromatic N) is 1. The van der Waals surface area contributed by atoms with Crippen LogP contribution in [0, 0.1) is 0 Å². The van der Waals surface area contributed by atoms with Gasteiger partial charge in [-0.1, -0.05) is 36.4 Å². The summed E-state index contributed by atoms with van der Waals surface area (Å²) < 4.78 is 0. The van der Waals surface area contributed by atoms with Crippen LogP contribution in [0.2, 0.25) is 0 Å². The summed E-state index contributed by atoms with van der Waals surface area (Å²) in [5.41, 5.74) is 4.47. The van der Waals surface area contributed by atoms with E-state index in [2.05, 4.69) is 28.5 Å². The van der Waals surface area contributed by atoms with Crippen molar-refractivity contribution in [3.63, 3.8) is 0 Å². The van der Waals surface area contributed by atoms with Gasteiger partial charge in [0.05, 0.1) is 6.54 Å². The van der Waals surface area contributed by atoms with Crippen molar-refractivity contribution in [1.29, 1.82) is 0 Å². The van der Waals surface area contributed by atoms with Gasteiger partial charge in [-0.15, -0.1) is 0 Å². The van der Waals surface area contributed by atoms with Gasteiger partial charge in [0.2, 0.25) is 0 Å². The number of anilines is 1. The number of para-hydroxylation sites is 2. The molecule has 2 N–H and O–H groups in total. The molecule has 0 saturated carbocycles. The Bertz CT molecular complexity index is 823. The van der Waals surface area contributed by atoms with Crippen LogP contribution in [0.1, 0.15) is 11.3 Å². The molecule has 1 aromatic heterocycles. The van der Waals surface area contributed by atoms with Crippen LogP contribution in [0.4, 0.5) is 10.5 Å². The van der Waals surface area contributed by atoms with Gasteiger partial charge in [-0.3, -0.25) is 0 Å². The summed E-state index contributed by atoms with van der Waals surface area (Å²) in [4.78, 5) is 17.7. The van der Waals surface area contributed by atoms with Gasteiger partial charge in [0, 0.05) is 28.8 Å². The Morgan fingerprint density at radius 3 is 2.68 bits per heavy atom. The number of benzene rings is 2. The van der Waals surface area contributed by atoms with E-state index in [9.17, 15) is 4.79 Å². The van der Waals surface area contributed by atoms with Crippen molar-refractivity contribution in [2.24, 2.45) is 0 Å². The van der Waals surface area contributed by atoms with Crippen molar-refractivity contribution < 1.29 is 4.79 Å². The number of amides is 2. The third kappa shape index (κ3) is 2.22. The third-order valence-electron chi connectivity index (χ3n) is 4.19. The van der Waals surface area contributed by atoms with Gasteiger partial charge in [-0.2, -0.15) is 0 Å². The van der Waals surface area contributed by atoms with Crippen LogP contribution < -0.4 is 5.32 Å². The van der Waals surface area contributed by atoms with Crippen molar-refractivity contribution in [2.45, 2.75) is 13.0 Å². The minimum Gasteiger partial charge on any atom is -0.357 e. The summed E-state index contributed by atoms with van der Waals surface area (Å²) in [7, 11) is 0. The number of aromatic amines is 1. The molecule has 0 saturated heterocycles. The molecule has 22 heavy (non-hydrogen) atoms. The first-order valence-corrected chi connectivity index (χ1v) is 7.51. The number of carbonyl (C=O) groups excluding carboxylic acids is 1. The molecule has 110 valence electrons. The zero-order valence-electron chi connectivity index (χ0n) is 12.2. The van der Waals surface area contributed by atoms with Gasteiger partial charge in [-0.25, -0.2) is 4.79 Å². The monoisotopic (exact) mass is 291 g/mol.